The Labute approximate surface area is 134 Å². The predicted octanol–water partition coefficient (Wildman–Crippen LogP) is 0.635. The highest BCUT2D eigenvalue weighted by atomic mass is 19.1. The maximum Gasteiger partial charge on any atom is 0.312 e. The molecular weight excluding hydrogens is 301 g/mol. The summed E-state index contributed by atoms with van der Waals surface area (Å²) < 4.78 is 13.2. The average Bonchev–Trinajstić information content (AvgIpc) is 2.53. The van der Waals surface area contributed by atoms with Gasteiger partial charge < -0.3 is 15.1 Å². The lowest BCUT2D eigenvalue weighted by atomic mass is 10.1. The van der Waals surface area contributed by atoms with Crippen LogP contribution in [0.15, 0.2) is 24.3 Å². The summed E-state index contributed by atoms with van der Waals surface area (Å²) in [5.41, 5.74) is 0.280. The summed E-state index contributed by atoms with van der Waals surface area (Å²) in [5, 5.41) is 2.55. The number of benzene rings is 1. The van der Waals surface area contributed by atoms with Gasteiger partial charge in [-0.1, -0.05) is 6.07 Å². The molecule has 1 aromatic rings. The monoisotopic (exact) mass is 321 g/mol. The molecular formula is C16H20FN3O3. The highest BCUT2D eigenvalue weighted by Crippen LogP contribution is 2.10. The molecule has 3 amide bonds. The summed E-state index contributed by atoms with van der Waals surface area (Å²) in [6, 6.07) is 5.40. The van der Waals surface area contributed by atoms with Crippen LogP contribution in [0.3, 0.4) is 0 Å². The van der Waals surface area contributed by atoms with Crippen molar-refractivity contribution < 1.29 is 18.8 Å². The van der Waals surface area contributed by atoms with E-state index in [1.54, 1.807) is 24.8 Å². The number of piperazine rings is 1. The number of nitrogens with zero attached hydrogens (tertiary/aromatic N) is 2. The van der Waals surface area contributed by atoms with Crippen LogP contribution < -0.4 is 5.32 Å². The summed E-state index contributed by atoms with van der Waals surface area (Å²) in [6.45, 7) is 4.75. The third kappa shape index (κ3) is 4.28. The highest BCUT2D eigenvalue weighted by molar-refractivity contribution is 6.35. The number of carbonyl (C=O) groups is 3. The van der Waals surface area contributed by atoms with Crippen molar-refractivity contribution in [1.82, 2.24) is 15.1 Å². The maximum absolute atomic E-state index is 13.2. The van der Waals surface area contributed by atoms with Crippen molar-refractivity contribution in [2.45, 2.75) is 19.9 Å². The molecule has 1 fully saturated rings. The fourth-order valence-corrected chi connectivity index (χ4v) is 2.38. The molecule has 1 aromatic carbocycles. The van der Waals surface area contributed by atoms with Crippen molar-refractivity contribution in [1.29, 1.82) is 0 Å². The Hall–Kier alpha value is -2.44. The third-order valence-corrected chi connectivity index (χ3v) is 3.54. The van der Waals surface area contributed by atoms with Gasteiger partial charge in [0, 0.05) is 37.8 Å². The molecule has 0 saturated carbocycles. The Morgan fingerprint density at radius 2 is 1.70 bits per heavy atom. The van der Waals surface area contributed by atoms with E-state index in [0.717, 1.165) is 0 Å². The van der Waals surface area contributed by atoms with Crippen molar-refractivity contribution in [3.05, 3.63) is 35.6 Å². The van der Waals surface area contributed by atoms with Gasteiger partial charge in [-0.2, -0.15) is 0 Å². The van der Waals surface area contributed by atoms with Gasteiger partial charge in [0.15, 0.2) is 0 Å². The third-order valence-electron chi connectivity index (χ3n) is 3.54. The molecule has 1 heterocycles. The van der Waals surface area contributed by atoms with E-state index in [1.807, 2.05) is 0 Å². The summed E-state index contributed by atoms with van der Waals surface area (Å²) >= 11 is 0. The van der Waals surface area contributed by atoms with Crippen LogP contribution >= 0.6 is 0 Å². The van der Waals surface area contributed by atoms with Gasteiger partial charge in [0.05, 0.1) is 0 Å². The number of carbonyl (C=O) groups excluding carboxylic acids is 3. The molecule has 0 unspecified atom stereocenters. The molecule has 0 atom stereocenters. The zero-order valence-electron chi connectivity index (χ0n) is 13.2. The lowest BCUT2D eigenvalue weighted by molar-refractivity contribution is -0.147. The van der Waals surface area contributed by atoms with E-state index in [1.165, 1.54) is 23.1 Å². The van der Waals surface area contributed by atoms with Crippen molar-refractivity contribution in [3.8, 4) is 0 Å². The molecule has 6 nitrogen and oxygen atoms in total. The largest absolute Gasteiger partial charge is 0.346 e. The minimum atomic E-state index is -0.634. The van der Waals surface area contributed by atoms with E-state index in [9.17, 15) is 18.8 Å². The average molecular weight is 321 g/mol. The van der Waals surface area contributed by atoms with E-state index >= 15 is 0 Å². The summed E-state index contributed by atoms with van der Waals surface area (Å²) in [5.74, 6) is -1.96. The molecule has 124 valence electrons. The summed E-state index contributed by atoms with van der Waals surface area (Å²) in [4.78, 5) is 39.0. The highest BCUT2D eigenvalue weighted by Gasteiger charge is 2.28. The molecule has 0 spiro atoms. The topological polar surface area (TPSA) is 69.7 Å². The maximum atomic E-state index is 13.2. The molecule has 1 saturated heterocycles. The van der Waals surface area contributed by atoms with Crippen LogP contribution in [-0.2, 0) is 9.59 Å². The number of hydrogen-bond donors (Lipinski definition) is 1. The molecule has 0 radical (unpaired) electrons. The molecule has 23 heavy (non-hydrogen) atoms. The predicted molar refractivity (Wildman–Crippen MR) is 82.2 cm³/mol. The second kappa shape index (κ2) is 7.21. The molecule has 2 rings (SSSR count). The SMILES string of the molecule is CC(C)NC(=O)C(=O)N1CCN(C(=O)c2cccc(F)c2)CC1. The molecule has 0 aromatic heterocycles. The van der Waals surface area contributed by atoms with Gasteiger partial charge in [-0.25, -0.2) is 4.39 Å². The lowest BCUT2D eigenvalue weighted by Crippen LogP contribution is -2.54. The van der Waals surface area contributed by atoms with E-state index in [4.69, 9.17) is 0 Å². The van der Waals surface area contributed by atoms with Gasteiger partial charge in [-0.05, 0) is 32.0 Å². The first-order valence-electron chi connectivity index (χ1n) is 7.53. The molecule has 0 aliphatic carbocycles. The fraction of sp³-hybridized carbons (Fsp3) is 0.438. The van der Waals surface area contributed by atoms with Gasteiger partial charge in [-0.15, -0.1) is 0 Å². The lowest BCUT2D eigenvalue weighted by Gasteiger charge is -2.34. The van der Waals surface area contributed by atoms with Crippen molar-refractivity contribution in [2.75, 3.05) is 26.2 Å². The van der Waals surface area contributed by atoms with Crippen LogP contribution in [0.1, 0.15) is 24.2 Å². The molecule has 1 aliphatic rings. The van der Waals surface area contributed by atoms with Crippen LogP contribution in [0.25, 0.3) is 0 Å². The van der Waals surface area contributed by atoms with Crippen molar-refractivity contribution in [3.63, 3.8) is 0 Å². The quantitative estimate of drug-likeness (QED) is 0.813. The Bertz CT molecular complexity index is 610. The number of hydrogen-bond acceptors (Lipinski definition) is 3. The van der Waals surface area contributed by atoms with Crippen LogP contribution in [0.4, 0.5) is 4.39 Å². The Kier molecular flexibility index (Phi) is 5.31. The second-order valence-electron chi connectivity index (χ2n) is 5.72. The first-order valence-corrected chi connectivity index (χ1v) is 7.53. The molecule has 1 aliphatic heterocycles. The zero-order chi connectivity index (χ0) is 17.0. The van der Waals surface area contributed by atoms with Crippen LogP contribution in [0.2, 0.25) is 0 Å². The number of rotatable bonds is 2. The van der Waals surface area contributed by atoms with Crippen molar-refractivity contribution in [2.24, 2.45) is 0 Å². The van der Waals surface area contributed by atoms with Gasteiger partial charge in [-0.3, -0.25) is 14.4 Å². The van der Waals surface area contributed by atoms with Gasteiger partial charge in [0.25, 0.3) is 5.91 Å². The minimum Gasteiger partial charge on any atom is -0.346 e. The number of nitrogens with one attached hydrogen (secondary N) is 1. The van der Waals surface area contributed by atoms with Crippen LogP contribution in [-0.4, -0.2) is 59.7 Å². The van der Waals surface area contributed by atoms with Crippen molar-refractivity contribution >= 4 is 17.7 Å². The summed E-state index contributed by atoms with van der Waals surface area (Å²) in [6.07, 6.45) is 0. The van der Waals surface area contributed by atoms with E-state index < -0.39 is 17.6 Å². The van der Waals surface area contributed by atoms with Gasteiger partial charge in [0.2, 0.25) is 0 Å². The number of halogens is 1. The van der Waals surface area contributed by atoms with Gasteiger partial charge >= 0.3 is 11.8 Å². The first kappa shape index (κ1) is 16.9. The van der Waals surface area contributed by atoms with Gasteiger partial charge in [0.1, 0.15) is 5.82 Å². The van der Waals surface area contributed by atoms with E-state index in [-0.39, 0.29) is 30.6 Å². The van der Waals surface area contributed by atoms with E-state index in [0.29, 0.717) is 13.1 Å². The van der Waals surface area contributed by atoms with Crippen LogP contribution in [0, 0.1) is 5.82 Å². The van der Waals surface area contributed by atoms with E-state index in [2.05, 4.69) is 5.32 Å². The summed E-state index contributed by atoms with van der Waals surface area (Å²) in [7, 11) is 0. The minimum absolute atomic E-state index is 0.109. The molecule has 7 heteroatoms. The first-order chi connectivity index (χ1) is 10.9. The second-order valence-corrected chi connectivity index (χ2v) is 5.72. The molecule has 0 bridgehead atoms. The zero-order valence-corrected chi connectivity index (χ0v) is 13.2. The number of amides is 3. The molecule has 1 N–H and O–H groups in total. The fourth-order valence-electron chi connectivity index (χ4n) is 2.38. The Morgan fingerprint density at radius 3 is 2.26 bits per heavy atom. The normalized spacial score (nSPS) is 14.8. The Balaban J connectivity index is 1.92. The van der Waals surface area contributed by atoms with Crippen LogP contribution in [0.5, 0.6) is 0 Å². The Morgan fingerprint density at radius 1 is 1.09 bits per heavy atom. The smallest absolute Gasteiger partial charge is 0.312 e. The standard InChI is InChI=1S/C16H20FN3O3/c1-11(2)18-14(21)16(23)20-8-6-19(7-9-20)15(22)12-4-3-5-13(17)10-12/h3-5,10-11H,6-9H2,1-2H3,(H,18,21).